The maximum atomic E-state index is 13.0. The van der Waals surface area contributed by atoms with Gasteiger partial charge in [-0.2, -0.15) is 0 Å². The molecule has 0 spiro atoms. The zero-order valence-electron chi connectivity index (χ0n) is 15.1. The van der Waals surface area contributed by atoms with Crippen LogP contribution < -0.4 is 0 Å². The second kappa shape index (κ2) is 8.96. The van der Waals surface area contributed by atoms with Gasteiger partial charge in [0.15, 0.2) is 16.8 Å². The van der Waals surface area contributed by atoms with Crippen LogP contribution in [0.3, 0.4) is 0 Å². The van der Waals surface area contributed by atoms with Crippen LogP contribution in [0.2, 0.25) is 0 Å². The second-order valence-electron chi connectivity index (χ2n) is 5.91. The molecule has 0 saturated carbocycles. The summed E-state index contributed by atoms with van der Waals surface area (Å²) in [4.78, 5) is 12.4. The van der Waals surface area contributed by atoms with Crippen molar-refractivity contribution in [1.82, 2.24) is 14.8 Å². The smallest absolute Gasteiger partial charge is 0.191 e. The van der Waals surface area contributed by atoms with Gasteiger partial charge < -0.3 is 13.7 Å². The van der Waals surface area contributed by atoms with Crippen molar-refractivity contribution in [2.45, 2.75) is 25.0 Å². The summed E-state index contributed by atoms with van der Waals surface area (Å²) in [6, 6.07) is 7.39. The summed E-state index contributed by atoms with van der Waals surface area (Å²) in [7, 11) is 1.66. The SMILES string of the molecule is COCCCn1c(SCC(=O)c2ccc(F)cc2)nnc1-c1ccoc1C. The maximum absolute atomic E-state index is 13.0. The summed E-state index contributed by atoms with van der Waals surface area (Å²) >= 11 is 1.31. The third-order valence-corrected chi connectivity index (χ3v) is 5.01. The molecule has 8 heteroatoms. The summed E-state index contributed by atoms with van der Waals surface area (Å²) in [5.41, 5.74) is 1.34. The Bertz CT molecular complexity index is 905. The van der Waals surface area contributed by atoms with Gasteiger partial charge in [-0.1, -0.05) is 11.8 Å². The lowest BCUT2D eigenvalue weighted by Crippen LogP contribution is -2.07. The molecule has 0 aliphatic heterocycles. The quantitative estimate of drug-likeness (QED) is 0.313. The number of nitrogens with zero attached hydrogens (tertiary/aromatic N) is 3. The van der Waals surface area contributed by atoms with Crippen LogP contribution in [0.5, 0.6) is 0 Å². The summed E-state index contributed by atoms with van der Waals surface area (Å²) in [6.07, 6.45) is 2.40. The van der Waals surface area contributed by atoms with Crippen LogP contribution in [0.1, 0.15) is 22.5 Å². The Morgan fingerprint density at radius 3 is 2.70 bits per heavy atom. The topological polar surface area (TPSA) is 70.2 Å². The lowest BCUT2D eigenvalue weighted by atomic mass is 10.1. The predicted molar refractivity (Wildman–Crippen MR) is 100 cm³/mol. The number of methoxy groups -OCH3 is 1. The Morgan fingerprint density at radius 2 is 2.04 bits per heavy atom. The zero-order valence-corrected chi connectivity index (χ0v) is 16.0. The van der Waals surface area contributed by atoms with Gasteiger partial charge in [0.2, 0.25) is 0 Å². The number of aromatic nitrogens is 3. The van der Waals surface area contributed by atoms with Crippen molar-refractivity contribution in [2.75, 3.05) is 19.5 Å². The highest BCUT2D eigenvalue weighted by molar-refractivity contribution is 7.99. The van der Waals surface area contributed by atoms with Gasteiger partial charge in [-0.25, -0.2) is 4.39 Å². The molecule has 0 saturated heterocycles. The molecule has 0 radical (unpaired) electrons. The minimum atomic E-state index is -0.364. The van der Waals surface area contributed by atoms with Crippen molar-refractivity contribution >= 4 is 17.5 Å². The Balaban J connectivity index is 1.77. The van der Waals surface area contributed by atoms with Gasteiger partial charge in [-0.15, -0.1) is 10.2 Å². The van der Waals surface area contributed by atoms with Crippen molar-refractivity contribution in [3.05, 3.63) is 53.7 Å². The fraction of sp³-hybridized carbons (Fsp3) is 0.316. The van der Waals surface area contributed by atoms with Gasteiger partial charge in [-0.3, -0.25) is 4.79 Å². The number of ether oxygens (including phenoxy) is 1. The summed E-state index contributed by atoms with van der Waals surface area (Å²) in [5, 5.41) is 9.19. The lowest BCUT2D eigenvalue weighted by molar-refractivity contribution is 0.102. The standard InChI is InChI=1S/C19H20FN3O3S/c1-13-16(8-11-26-13)18-21-22-19(23(18)9-3-10-25-2)27-12-17(24)14-4-6-15(20)7-5-14/h4-8,11H,3,9-10,12H2,1-2H3. The van der Waals surface area contributed by atoms with Crippen molar-refractivity contribution < 1.29 is 18.3 Å². The minimum Gasteiger partial charge on any atom is -0.469 e. The number of Topliss-reactive ketones (excluding diaryl/α,β-unsaturated/α-hetero) is 1. The molecule has 27 heavy (non-hydrogen) atoms. The first-order valence-electron chi connectivity index (χ1n) is 8.48. The molecule has 0 bridgehead atoms. The molecule has 3 aromatic rings. The Kier molecular flexibility index (Phi) is 6.41. The molecule has 0 aliphatic rings. The van der Waals surface area contributed by atoms with Crippen molar-refractivity contribution in [3.63, 3.8) is 0 Å². The number of ketones is 1. The first-order chi connectivity index (χ1) is 13.1. The lowest BCUT2D eigenvalue weighted by Gasteiger charge is -2.09. The van der Waals surface area contributed by atoms with Gasteiger partial charge in [0.25, 0.3) is 0 Å². The van der Waals surface area contributed by atoms with Crippen LogP contribution in [-0.4, -0.2) is 40.0 Å². The number of aryl methyl sites for hydroxylation is 1. The van der Waals surface area contributed by atoms with E-state index in [2.05, 4.69) is 10.2 Å². The van der Waals surface area contributed by atoms with E-state index in [1.807, 2.05) is 17.6 Å². The first-order valence-corrected chi connectivity index (χ1v) is 9.47. The van der Waals surface area contributed by atoms with Gasteiger partial charge in [0.05, 0.1) is 17.6 Å². The number of halogens is 1. The highest BCUT2D eigenvalue weighted by Gasteiger charge is 2.18. The molecule has 0 amide bonds. The third kappa shape index (κ3) is 4.64. The van der Waals surface area contributed by atoms with Crippen molar-refractivity contribution in [2.24, 2.45) is 0 Å². The Labute approximate surface area is 160 Å². The monoisotopic (exact) mass is 389 g/mol. The maximum Gasteiger partial charge on any atom is 0.191 e. The third-order valence-electron chi connectivity index (χ3n) is 4.05. The van der Waals surface area contributed by atoms with Crippen LogP contribution in [0, 0.1) is 12.7 Å². The highest BCUT2D eigenvalue weighted by atomic mass is 32.2. The molecule has 1 aromatic carbocycles. The first kappa shape index (κ1) is 19.3. The number of carbonyl (C=O) groups is 1. The van der Waals surface area contributed by atoms with Crippen LogP contribution in [-0.2, 0) is 11.3 Å². The number of rotatable bonds is 9. The zero-order chi connectivity index (χ0) is 19.2. The number of hydrogen-bond acceptors (Lipinski definition) is 6. The van der Waals surface area contributed by atoms with Gasteiger partial charge in [0.1, 0.15) is 11.6 Å². The second-order valence-corrected chi connectivity index (χ2v) is 6.86. The molecule has 6 nitrogen and oxygen atoms in total. The predicted octanol–water partition coefficient (Wildman–Crippen LogP) is 4.00. The van der Waals surface area contributed by atoms with E-state index in [-0.39, 0.29) is 17.4 Å². The van der Waals surface area contributed by atoms with Gasteiger partial charge >= 0.3 is 0 Å². The van der Waals surface area contributed by atoms with Crippen LogP contribution in [0.15, 0.2) is 46.2 Å². The molecule has 0 atom stereocenters. The summed E-state index contributed by atoms with van der Waals surface area (Å²) in [5.74, 6) is 1.20. The molecule has 0 N–H and O–H groups in total. The van der Waals surface area contributed by atoms with E-state index in [1.54, 1.807) is 13.4 Å². The molecule has 142 valence electrons. The average Bonchev–Trinajstić information content (AvgIpc) is 3.26. The van der Waals surface area contributed by atoms with Crippen molar-refractivity contribution in [3.8, 4) is 11.4 Å². The molecule has 2 heterocycles. The number of hydrogen-bond donors (Lipinski definition) is 0. The Morgan fingerprint density at radius 1 is 1.26 bits per heavy atom. The van der Waals surface area contributed by atoms with E-state index in [4.69, 9.17) is 9.15 Å². The molecule has 0 unspecified atom stereocenters. The molecule has 2 aromatic heterocycles. The van der Waals surface area contributed by atoms with Crippen LogP contribution in [0.25, 0.3) is 11.4 Å². The molecular weight excluding hydrogens is 369 g/mol. The minimum absolute atomic E-state index is 0.0903. The number of benzene rings is 1. The molecule has 0 fully saturated rings. The number of furan rings is 1. The van der Waals surface area contributed by atoms with E-state index >= 15 is 0 Å². The van der Waals surface area contributed by atoms with E-state index in [0.29, 0.717) is 29.7 Å². The number of carbonyl (C=O) groups excluding carboxylic acids is 1. The molecular formula is C19H20FN3O3S. The average molecular weight is 389 g/mol. The van der Waals surface area contributed by atoms with E-state index in [0.717, 1.165) is 17.7 Å². The van der Waals surface area contributed by atoms with Gasteiger partial charge in [-0.05, 0) is 43.7 Å². The summed E-state index contributed by atoms with van der Waals surface area (Å²) < 4.78 is 25.5. The normalized spacial score (nSPS) is 11.1. The largest absolute Gasteiger partial charge is 0.469 e. The van der Waals surface area contributed by atoms with Gasteiger partial charge in [0, 0.05) is 25.8 Å². The van der Waals surface area contributed by atoms with Crippen molar-refractivity contribution in [1.29, 1.82) is 0 Å². The number of thioether (sulfide) groups is 1. The van der Waals surface area contributed by atoms with E-state index in [9.17, 15) is 9.18 Å². The molecule has 0 aliphatic carbocycles. The van der Waals surface area contributed by atoms with E-state index in [1.165, 1.54) is 36.0 Å². The van der Waals surface area contributed by atoms with Crippen LogP contribution >= 0.6 is 11.8 Å². The Hall–Kier alpha value is -2.45. The summed E-state index contributed by atoms with van der Waals surface area (Å²) in [6.45, 7) is 3.14. The van der Waals surface area contributed by atoms with Crippen LogP contribution in [0.4, 0.5) is 4.39 Å². The van der Waals surface area contributed by atoms with E-state index < -0.39 is 0 Å². The fourth-order valence-corrected chi connectivity index (χ4v) is 3.49. The highest BCUT2D eigenvalue weighted by Crippen LogP contribution is 2.27. The fourth-order valence-electron chi connectivity index (χ4n) is 2.63. The molecule has 3 rings (SSSR count).